The lowest BCUT2D eigenvalue weighted by Gasteiger charge is -2.39. The normalized spacial score (nSPS) is 16.4. The summed E-state index contributed by atoms with van der Waals surface area (Å²) in [5.74, 6) is 0. The van der Waals surface area contributed by atoms with Crippen LogP contribution in [0.3, 0.4) is 0 Å². The molecule has 0 spiro atoms. The molecule has 0 saturated carbocycles. The van der Waals surface area contributed by atoms with Crippen LogP contribution in [0.4, 0.5) is 17.3 Å². The molecule has 0 unspecified atom stereocenters. The van der Waals surface area contributed by atoms with E-state index in [0.717, 1.165) is 5.56 Å². The third-order valence-corrected chi connectivity index (χ3v) is 8.75. The summed E-state index contributed by atoms with van der Waals surface area (Å²) in [6, 6.07) is 25.2. The maximum absolute atomic E-state index is 13.8. The Hall–Kier alpha value is -3.48. The van der Waals surface area contributed by atoms with Crippen molar-refractivity contribution in [3.8, 4) is 0 Å². The highest BCUT2D eigenvalue weighted by molar-refractivity contribution is 7.89. The molecule has 3 aromatic carbocycles. The molecule has 4 aromatic rings. The van der Waals surface area contributed by atoms with Gasteiger partial charge in [0.15, 0.2) is 0 Å². The van der Waals surface area contributed by atoms with E-state index in [9.17, 15) is 30.8 Å². The van der Waals surface area contributed by atoms with Crippen molar-refractivity contribution in [1.82, 2.24) is 8.87 Å². The predicted molar refractivity (Wildman–Crippen MR) is 144 cm³/mol. The summed E-state index contributed by atoms with van der Waals surface area (Å²) in [7, 11) is -7.85. The minimum atomic E-state index is -6.00. The van der Waals surface area contributed by atoms with Crippen LogP contribution in [0.1, 0.15) is 29.5 Å². The Kier molecular flexibility index (Phi) is 8.82. The number of benzene rings is 3. The van der Waals surface area contributed by atoms with E-state index >= 15 is 0 Å². The van der Waals surface area contributed by atoms with Gasteiger partial charge in [-0.3, -0.25) is 0 Å². The topological polar surface area (TPSA) is 66.4 Å². The molecule has 1 aromatic heterocycles. The van der Waals surface area contributed by atoms with Gasteiger partial charge in [-0.2, -0.15) is 4.31 Å². The lowest BCUT2D eigenvalue weighted by molar-refractivity contribution is -0.671. The summed E-state index contributed by atoms with van der Waals surface area (Å²) in [6.07, 6.45) is 7.19. The summed E-state index contributed by atoms with van der Waals surface area (Å²) in [5.41, 5.74) is 0.931. The van der Waals surface area contributed by atoms with Crippen molar-refractivity contribution in [2.45, 2.75) is 35.9 Å². The van der Waals surface area contributed by atoms with E-state index in [-0.39, 0.29) is 4.90 Å². The van der Waals surface area contributed by atoms with Gasteiger partial charge in [-0.1, -0.05) is 72.8 Å². The molecule has 1 saturated heterocycles. The van der Waals surface area contributed by atoms with E-state index in [2.05, 4.69) is 0 Å². The number of hydrogen-bond donors (Lipinski definition) is 1. The van der Waals surface area contributed by atoms with Gasteiger partial charge in [-0.05, 0) is 41.7 Å². The standard InChI is InChI=1S/C28H30N3O3S.BF4/c1-29-19-20-30(22-29)21-23-14-16-26(17-15-23)35(33,34)31-18-8-13-27(31)28(32,24-9-4-2-5-10-24)25-11-6-3-7-12-25;2-1(3,4)5/h2-7,9-12,14-17,19-20,22,27,32H,8,13,18,21H2,1H3;/q+1;-1/t27-;/m0./s1. The molecule has 1 aliphatic rings. The van der Waals surface area contributed by atoms with Crippen LogP contribution in [0.25, 0.3) is 0 Å². The first-order valence-corrected chi connectivity index (χ1v) is 14.2. The highest BCUT2D eigenvalue weighted by Gasteiger charge is 2.49. The van der Waals surface area contributed by atoms with Crippen LogP contribution in [0, 0.1) is 0 Å². The average molecular weight is 575 g/mol. The van der Waals surface area contributed by atoms with Crippen LogP contribution in [0.15, 0.2) is 109 Å². The largest absolute Gasteiger partial charge is 0.673 e. The average Bonchev–Trinajstić information content (AvgIpc) is 3.59. The molecule has 2 heterocycles. The molecule has 1 atom stereocenters. The molecular formula is C28H30BF4N3O3S. The Balaban J connectivity index is 0.000000681. The lowest BCUT2D eigenvalue weighted by atomic mass is 9.79. The Labute approximate surface area is 231 Å². The van der Waals surface area contributed by atoms with Crippen LogP contribution < -0.4 is 4.57 Å². The highest BCUT2D eigenvalue weighted by Crippen LogP contribution is 2.42. The van der Waals surface area contributed by atoms with Gasteiger partial charge in [-0.25, -0.2) is 17.6 Å². The summed E-state index contributed by atoms with van der Waals surface area (Å²) in [6.45, 7) is 1.03. The molecule has 1 N–H and O–H groups in total. The number of halogens is 4. The van der Waals surface area contributed by atoms with E-state index in [1.54, 1.807) is 12.1 Å². The monoisotopic (exact) mass is 575 g/mol. The van der Waals surface area contributed by atoms with Crippen molar-refractivity contribution >= 4 is 17.3 Å². The number of aryl methyl sites for hydroxylation is 1. The Morgan fingerprint density at radius 3 is 1.93 bits per heavy atom. The Morgan fingerprint density at radius 1 is 0.925 bits per heavy atom. The molecule has 212 valence electrons. The molecule has 1 fully saturated rings. The van der Waals surface area contributed by atoms with Crippen LogP contribution in [-0.2, 0) is 29.2 Å². The second-order valence-electron chi connectivity index (χ2n) is 9.66. The molecule has 1 aliphatic heterocycles. The second kappa shape index (κ2) is 12.0. The van der Waals surface area contributed by atoms with Gasteiger partial charge >= 0.3 is 7.25 Å². The lowest BCUT2D eigenvalue weighted by Crippen LogP contribution is -2.50. The van der Waals surface area contributed by atoms with E-state index in [4.69, 9.17) is 0 Å². The minimum Gasteiger partial charge on any atom is -0.418 e. The van der Waals surface area contributed by atoms with Gasteiger partial charge in [-0.15, -0.1) is 0 Å². The fourth-order valence-electron chi connectivity index (χ4n) is 5.09. The first-order chi connectivity index (χ1) is 18.9. The molecule has 40 heavy (non-hydrogen) atoms. The third-order valence-electron chi connectivity index (χ3n) is 6.83. The van der Waals surface area contributed by atoms with Crippen LogP contribution in [-0.4, -0.2) is 42.2 Å². The van der Waals surface area contributed by atoms with Crippen molar-refractivity contribution < 1.29 is 35.4 Å². The zero-order chi connectivity index (χ0) is 29.0. The van der Waals surface area contributed by atoms with Crippen LogP contribution in [0.2, 0.25) is 0 Å². The van der Waals surface area contributed by atoms with Crippen molar-refractivity contribution in [2.75, 3.05) is 6.54 Å². The number of imidazole rings is 1. The first-order valence-electron chi connectivity index (χ1n) is 12.7. The van der Waals surface area contributed by atoms with Gasteiger partial charge in [0.05, 0.1) is 18.0 Å². The summed E-state index contributed by atoms with van der Waals surface area (Å²) in [5, 5.41) is 12.2. The van der Waals surface area contributed by atoms with E-state index in [0.29, 0.717) is 37.1 Å². The third kappa shape index (κ3) is 6.80. The number of hydrogen-bond acceptors (Lipinski definition) is 3. The van der Waals surface area contributed by atoms with E-state index in [1.165, 1.54) is 4.31 Å². The molecule has 0 bridgehead atoms. The molecule has 6 nitrogen and oxygen atoms in total. The van der Waals surface area contributed by atoms with Crippen molar-refractivity contribution in [3.63, 3.8) is 0 Å². The van der Waals surface area contributed by atoms with Gasteiger partial charge < -0.3 is 22.4 Å². The molecule has 12 heteroatoms. The maximum Gasteiger partial charge on any atom is 0.673 e. The number of rotatable bonds is 7. The van der Waals surface area contributed by atoms with Gasteiger partial charge in [0.25, 0.3) is 0 Å². The smallest absolute Gasteiger partial charge is 0.418 e. The number of nitrogens with zero attached hydrogens (tertiary/aromatic N) is 3. The first kappa shape index (κ1) is 29.5. The molecule has 0 aliphatic carbocycles. The number of aromatic nitrogens is 2. The fourth-order valence-corrected chi connectivity index (χ4v) is 6.80. The van der Waals surface area contributed by atoms with Crippen molar-refractivity contribution in [3.05, 3.63) is 120 Å². The zero-order valence-electron chi connectivity index (χ0n) is 21.8. The van der Waals surface area contributed by atoms with E-state index in [1.807, 2.05) is 108 Å². The molecule has 0 amide bonds. The zero-order valence-corrected chi connectivity index (χ0v) is 22.6. The SMILES string of the molecule is C[n+]1ccn(Cc2ccc(S(=O)(=O)N3CCC[C@H]3C(O)(c3ccccc3)c3ccccc3)cc2)c1.F[B-](F)(F)F. The molecule has 0 radical (unpaired) electrons. The number of aliphatic hydroxyl groups is 1. The van der Waals surface area contributed by atoms with Gasteiger partial charge in [0, 0.05) is 6.54 Å². The van der Waals surface area contributed by atoms with Crippen LogP contribution in [0.5, 0.6) is 0 Å². The Bertz CT molecular complexity index is 1450. The summed E-state index contributed by atoms with van der Waals surface area (Å²) >= 11 is 0. The fraction of sp³-hybridized carbons (Fsp3) is 0.250. The van der Waals surface area contributed by atoms with Crippen molar-refractivity contribution in [2.24, 2.45) is 7.05 Å². The maximum atomic E-state index is 13.8. The summed E-state index contributed by atoms with van der Waals surface area (Å²) < 4.78 is 72.2. The van der Waals surface area contributed by atoms with Crippen LogP contribution >= 0.6 is 0 Å². The quantitative estimate of drug-likeness (QED) is 0.197. The second-order valence-corrected chi connectivity index (χ2v) is 11.6. The minimum absolute atomic E-state index is 0.245. The highest BCUT2D eigenvalue weighted by atomic mass is 32.2. The van der Waals surface area contributed by atoms with E-state index < -0.39 is 28.9 Å². The summed E-state index contributed by atoms with van der Waals surface area (Å²) in [4.78, 5) is 0.245. The predicted octanol–water partition coefficient (Wildman–Crippen LogP) is 4.75. The molecule has 5 rings (SSSR count). The van der Waals surface area contributed by atoms with Gasteiger partial charge in [0.2, 0.25) is 16.4 Å². The Morgan fingerprint density at radius 2 is 1.45 bits per heavy atom. The number of sulfonamides is 1. The molecular weight excluding hydrogens is 545 g/mol. The van der Waals surface area contributed by atoms with Gasteiger partial charge in [0.1, 0.15) is 24.5 Å². The van der Waals surface area contributed by atoms with Crippen molar-refractivity contribution in [1.29, 1.82) is 0 Å².